The second-order valence-corrected chi connectivity index (χ2v) is 11.0. The van der Waals surface area contributed by atoms with Crippen LogP contribution in [0.5, 0.6) is 0 Å². The average molecular weight is 435 g/mol. The largest absolute Gasteiger partial charge is 0.301 e. The molecule has 0 saturated heterocycles. The van der Waals surface area contributed by atoms with E-state index in [4.69, 9.17) is 0 Å². The minimum atomic E-state index is -0.166. The van der Waals surface area contributed by atoms with E-state index in [-0.39, 0.29) is 22.6 Å². The molecule has 3 aromatic heterocycles. The summed E-state index contributed by atoms with van der Waals surface area (Å²) in [4.78, 5) is 38.3. The van der Waals surface area contributed by atoms with Crippen LogP contribution in [-0.2, 0) is 17.6 Å². The number of carbonyl (C=O) groups excluding carboxylic acids is 1. The molecule has 1 amide bonds. The number of anilines is 1. The molecule has 1 aliphatic rings. The Balaban J connectivity index is 1.53. The summed E-state index contributed by atoms with van der Waals surface area (Å²) in [6, 6.07) is 0. The quantitative estimate of drug-likeness (QED) is 0.472. The van der Waals surface area contributed by atoms with Crippen molar-refractivity contribution in [2.24, 2.45) is 11.3 Å². The van der Waals surface area contributed by atoms with Crippen molar-refractivity contribution in [3.63, 3.8) is 0 Å². The molecule has 3 aromatic rings. The number of carbonyl (C=O) groups is 1. The molecule has 1 aliphatic carbocycles. The Kier molecular flexibility index (Phi) is 5.32. The van der Waals surface area contributed by atoms with Crippen LogP contribution in [0.1, 0.15) is 37.6 Å². The van der Waals surface area contributed by atoms with Crippen molar-refractivity contribution in [2.75, 3.05) is 11.1 Å². The van der Waals surface area contributed by atoms with Gasteiger partial charge in [0.25, 0.3) is 5.56 Å². The van der Waals surface area contributed by atoms with E-state index in [0.717, 1.165) is 29.5 Å². The second kappa shape index (κ2) is 7.61. The van der Waals surface area contributed by atoms with Gasteiger partial charge < -0.3 is 10.3 Å². The Bertz CT molecular complexity index is 1060. The Hall–Kier alpha value is -1.71. The molecule has 0 unspecified atom stereocenters. The highest BCUT2D eigenvalue weighted by molar-refractivity contribution is 7.99. The predicted molar refractivity (Wildman–Crippen MR) is 117 cm³/mol. The van der Waals surface area contributed by atoms with Gasteiger partial charge in [0.1, 0.15) is 4.83 Å². The van der Waals surface area contributed by atoms with Crippen molar-refractivity contribution >= 4 is 55.7 Å². The van der Waals surface area contributed by atoms with Crippen LogP contribution in [0.4, 0.5) is 5.13 Å². The van der Waals surface area contributed by atoms with Crippen molar-refractivity contribution in [2.45, 2.75) is 45.2 Å². The topological polar surface area (TPSA) is 87.7 Å². The van der Waals surface area contributed by atoms with E-state index in [9.17, 15) is 9.59 Å². The van der Waals surface area contributed by atoms with Crippen LogP contribution in [0.15, 0.2) is 21.5 Å². The monoisotopic (exact) mass is 434 g/mol. The molecule has 28 heavy (non-hydrogen) atoms. The third-order valence-corrected chi connectivity index (χ3v) is 7.85. The minimum Gasteiger partial charge on any atom is -0.301 e. The van der Waals surface area contributed by atoms with Crippen LogP contribution >= 0.6 is 34.4 Å². The molecule has 3 heterocycles. The minimum absolute atomic E-state index is 0.0976. The number of nitrogens with zero attached hydrogens (tertiary/aromatic N) is 2. The van der Waals surface area contributed by atoms with Gasteiger partial charge in [0.05, 0.1) is 11.1 Å². The molecule has 0 aliphatic heterocycles. The van der Waals surface area contributed by atoms with Crippen LogP contribution in [-0.4, -0.2) is 26.6 Å². The van der Waals surface area contributed by atoms with Crippen LogP contribution in [0, 0.1) is 11.3 Å². The number of aromatic nitrogens is 3. The van der Waals surface area contributed by atoms with Crippen molar-refractivity contribution in [3.8, 4) is 0 Å². The van der Waals surface area contributed by atoms with Crippen molar-refractivity contribution in [1.29, 1.82) is 0 Å². The van der Waals surface area contributed by atoms with E-state index >= 15 is 0 Å². The number of hydrogen-bond donors (Lipinski definition) is 2. The zero-order chi connectivity index (χ0) is 19.9. The number of thiophene rings is 1. The normalized spacial score (nSPS) is 16.9. The smallest absolute Gasteiger partial charge is 0.260 e. The van der Waals surface area contributed by atoms with E-state index in [2.05, 4.69) is 41.0 Å². The SMILES string of the molecule is CC(C)(C)[C@H]1CCc2c(sc3nc(SCC(=O)Nc4nccs4)[nH]c(=O)c23)C1. The van der Waals surface area contributed by atoms with E-state index in [1.807, 2.05) is 0 Å². The highest BCUT2D eigenvalue weighted by Crippen LogP contribution is 2.42. The van der Waals surface area contributed by atoms with Gasteiger partial charge in [0.15, 0.2) is 10.3 Å². The summed E-state index contributed by atoms with van der Waals surface area (Å²) >= 11 is 4.24. The van der Waals surface area contributed by atoms with Crippen molar-refractivity contribution in [3.05, 3.63) is 32.4 Å². The summed E-state index contributed by atoms with van der Waals surface area (Å²) < 4.78 is 0. The predicted octanol–water partition coefficient (Wildman–Crippen LogP) is 4.32. The van der Waals surface area contributed by atoms with Crippen LogP contribution in [0.2, 0.25) is 0 Å². The highest BCUT2D eigenvalue weighted by atomic mass is 32.2. The van der Waals surface area contributed by atoms with Crippen molar-refractivity contribution < 1.29 is 4.79 Å². The second-order valence-electron chi connectivity index (χ2n) is 8.03. The number of amides is 1. The van der Waals surface area contributed by atoms with Gasteiger partial charge in [-0.2, -0.15) is 0 Å². The molecule has 0 spiro atoms. The van der Waals surface area contributed by atoms with Gasteiger partial charge in [0, 0.05) is 16.5 Å². The number of hydrogen-bond acceptors (Lipinski definition) is 7. The number of rotatable bonds is 4. The first-order valence-corrected chi connectivity index (χ1v) is 11.9. The van der Waals surface area contributed by atoms with Gasteiger partial charge in [-0.1, -0.05) is 32.5 Å². The third kappa shape index (κ3) is 4.01. The highest BCUT2D eigenvalue weighted by Gasteiger charge is 2.31. The molecule has 9 heteroatoms. The third-order valence-electron chi connectivity index (χ3n) is 5.14. The fraction of sp³-hybridized carbons (Fsp3) is 0.474. The fourth-order valence-corrected chi connectivity index (χ4v) is 6.11. The van der Waals surface area contributed by atoms with Gasteiger partial charge in [-0.3, -0.25) is 9.59 Å². The summed E-state index contributed by atoms with van der Waals surface area (Å²) in [6.45, 7) is 6.85. The molecular formula is C19H22N4O2S3. The zero-order valence-corrected chi connectivity index (χ0v) is 18.4. The van der Waals surface area contributed by atoms with Crippen LogP contribution in [0.25, 0.3) is 10.2 Å². The molecule has 1 atom stereocenters. The summed E-state index contributed by atoms with van der Waals surface area (Å²) in [5.41, 5.74) is 1.34. The molecule has 0 bridgehead atoms. The maximum atomic E-state index is 12.7. The van der Waals surface area contributed by atoms with Gasteiger partial charge >= 0.3 is 0 Å². The zero-order valence-electron chi connectivity index (χ0n) is 16.0. The lowest BCUT2D eigenvalue weighted by Crippen LogP contribution is -2.26. The van der Waals surface area contributed by atoms with Gasteiger partial charge in [-0.05, 0) is 36.2 Å². The standard InChI is InChI=1S/C19H22N4O2S3/c1-19(2,3)10-4-5-11-12(8-10)28-16-14(11)15(25)22-18(23-16)27-9-13(24)21-17-20-6-7-26-17/h6-7,10H,4-5,8-9H2,1-3H3,(H,20,21,24)(H,22,23,25)/t10-/m0/s1. The first kappa shape index (κ1) is 19.6. The van der Waals surface area contributed by atoms with Gasteiger partial charge in [-0.15, -0.1) is 22.7 Å². The molecular weight excluding hydrogens is 412 g/mol. The molecule has 0 radical (unpaired) electrons. The average Bonchev–Trinajstić information content (AvgIpc) is 3.25. The summed E-state index contributed by atoms with van der Waals surface area (Å²) in [5.74, 6) is 0.627. The maximum Gasteiger partial charge on any atom is 0.260 e. The first-order valence-electron chi connectivity index (χ1n) is 9.18. The van der Waals surface area contributed by atoms with Crippen LogP contribution in [0.3, 0.4) is 0 Å². The molecule has 0 saturated carbocycles. The van der Waals surface area contributed by atoms with Crippen molar-refractivity contribution in [1.82, 2.24) is 15.0 Å². The molecule has 2 N–H and O–H groups in total. The molecule has 0 fully saturated rings. The number of thiazole rings is 1. The fourth-order valence-electron chi connectivity index (χ4n) is 3.55. The number of nitrogens with one attached hydrogen (secondary N) is 2. The number of aromatic amines is 1. The Morgan fingerprint density at radius 2 is 2.25 bits per heavy atom. The van der Waals surface area contributed by atoms with E-state index in [1.165, 1.54) is 33.5 Å². The number of H-pyrrole nitrogens is 1. The van der Waals surface area contributed by atoms with E-state index in [0.29, 0.717) is 16.2 Å². The Labute approximate surface area is 175 Å². The Morgan fingerprint density at radius 3 is 2.96 bits per heavy atom. The first-order chi connectivity index (χ1) is 13.3. The lowest BCUT2D eigenvalue weighted by molar-refractivity contribution is -0.113. The molecule has 4 rings (SSSR count). The van der Waals surface area contributed by atoms with E-state index in [1.54, 1.807) is 22.9 Å². The van der Waals surface area contributed by atoms with Gasteiger partial charge in [0.2, 0.25) is 5.91 Å². The summed E-state index contributed by atoms with van der Waals surface area (Å²) in [7, 11) is 0. The summed E-state index contributed by atoms with van der Waals surface area (Å²) in [5, 5.41) is 6.33. The maximum absolute atomic E-state index is 12.7. The Morgan fingerprint density at radius 1 is 1.43 bits per heavy atom. The molecule has 6 nitrogen and oxygen atoms in total. The number of aryl methyl sites for hydroxylation is 1. The lowest BCUT2D eigenvalue weighted by Gasteiger charge is -2.33. The van der Waals surface area contributed by atoms with Crippen LogP contribution < -0.4 is 10.9 Å². The molecule has 148 valence electrons. The summed E-state index contributed by atoms with van der Waals surface area (Å²) in [6.07, 6.45) is 4.70. The van der Waals surface area contributed by atoms with E-state index < -0.39 is 0 Å². The number of thioether (sulfide) groups is 1. The lowest BCUT2D eigenvalue weighted by atomic mass is 9.72. The molecule has 0 aromatic carbocycles. The number of fused-ring (bicyclic) bond motifs is 3. The van der Waals surface area contributed by atoms with Gasteiger partial charge in [-0.25, -0.2) is 9.97 Å².